The van der Waals surface area contributed by atoms with Gasteiger partial charge in [-0.25, -0.2) is 12.8 Å². The van der Waals surface area contributed by atoms with Crippen LogP contribution in [0.1, 0.15) is 18.9 Å². The molecule has 0 bridgehead atoms. The highest BCUT2D eigenvalue weighted by Crippen LogP contribution is 2.27. The fourth-order valence-electron chi connectivity index (χ4n) is 2.11. The third kappa shape index (κ3) is 2.88. The summed E-state index contributed by atoms with van der Waals surface area (Å²) in [5, 5.41) is 8.87. The number of aliphatic hydroxyl groups is 1. The quantitative estimate of drug-likeness (QED) is 0.870. The van der Waals surface area contributed by atoms with Gasteiger partial charge in [-0.2, -0.15) is 4.31 Å². The Morgan fingerprint density at radius 1 is 1.45 bits per heavy atom. The molecule has 0 saturated heterocycles. The molecule has 0 aromatic heterocycles. The smallest absolute Gasteiger partial charge is 0.243 e. The van der Waals surface area contributed by atoms with Crippen LogP contribution in [0.3, 0.4) is 0 Å². The zero-order valence-electron chi connectivity index (χ0n) is 10.9. The average molecular weight is 320 g/mol. The second-order valence-electron chi connectivity index (χ2n) is 4.71. The molecule has 1 aliphatic rings. The molecule has 1 aliphatic heterocycles. The Balaban J connectivity index is 2.44. The summed E-state index contributed by atoms with van der Waals surface area (Å²) in [6.45, 7) is 1.99. The van der Waals surface area contributed by atoms with Crippen molar-refractivity contribution in [3.63, 3.8) is 0 Å². The summed E-state index contributed by atoms with van der Waals surface area (Å²) < 4.78 is 39.9. The van der Waals surface area contributed by atoms with E-state index in [1.807, 2.05) is 13.0 Å². The van der Waals surface area contributed by atoms with E-state index in [2.05, 4.69) is 0 Å². The molecule has 0 unspecified atom stereocenters. The standard InChI is InChI=1S/C13H15ClFNO3S/c1-9-3-2-4-16(7-9)20(18,19)11-5-10(8-17)13(14)12(15)6-11/h3,5-6,17H,2,4,7-8H2,1H3. The molecule has 110 valence electrons. The third-order valence-electron chi connectivity index (χ3n) is 3.18. The van der Waals surface area contributed by atoms with Crippen LogP contribution in [-0.4, -0.2) is 30.9 Å². The molecule has 1 heterocycles. The Kier molecular flexibility index (Phi) is 4.49. The summed E-state index contributed by atoms with van der Waals surface area (Å²) in [5.74, 6) is -0.846. The first-order valence-electron chi connectivity index (χ1n) is 6.11. The van der Waals surface area contributed by atoms with E-state index in [4.69, 9.17) is 16.7 Å². The summed E-state index contributed by atoms with van der Waals surface area (Å²) in [4.78, 5) is -0.182. The molecule has 0 atom stereocenters. The van der Waals surface area contributed by atoms with E-state index < -0.39 is 22.4 Å². The second kappa shape index (κ2) is 5.81. The predicted octanol–water partition coefficient (Wildman–Crippen LogP) is 2.31. The number of sulfonamides is 1. The number of aliphatic hydroxyl groups excluding tert-OH is 1. The van der Waals surface area contributed by atoms with Gasteiger partial charge in [0.2, 0.25) is 10.0 Å². The molecule has 1 N–H and O–H groups in total. The molecule has 1 aromatic rings. The van der Waals surface area contributed by atoms with Gasteiger partial charge in [0, 0.05) is 18.7 Å². The van der Waals surface area contributed by atoms with Crippen molar-refractivity contribution in [2.24, 2.45) is 0 Å². The first kappa shape index (κ1) is 15.4. The van der Waals surface area contributed by atoms with Crippen molar-refractivity contribution >= 4 is 21.6 Å². The van der Waals surface area contributed by atoms with Gasteiger partial charge in [0.1, 0.15) is 5.82 Å². The number of nitrogens with zero attached hydrogens (tertiary/aromatic N) is 1. The maximum absolute atomic E-state index is 13.7. The molecule has 4 nitrogen and oxygen atoms in total. The SMILES string of the molecule is CC1=CCCN(S(=O)(=O)c2cc(F)c(Cl)c(CO)c2)C1. The van der Waals surface area contributed by atoms with Gasteiger partial charge in [0.25, 0.3) is 0 Å². The summed E-state index contributed by atoms with van der Waals surface area (Å²) in [7, 11) is -3.78. The van der Waals surface area contributed by atoms with Gasteiger partial charge in [0.15, 0.2) is 0 Å². The zero-order chi connectivity index (χ0) is 14.9. The van der Waals surface area contributed by atoms with Crippen LogP contribution in [0.2, 0.25) is 5.02 Å². The molecule has 1 aromatic carbocycles. The molecular weight excluding hydrogens is 305 g/mol. The van der Waals surface area contributed by atoms with Crippen LogP contribution in [0, 0.1) is 5.82 Å². The van der Waals surface area contributed by atoms with Crippen molar-refractivity contribution in [2.75, 3.05) is 13.1 Å². The van der Waals surface area contributed by atoms with Crippen molar-refractivity contribution < 1.29 is 17.9 Å². The van der Waals surface area contributed by atoms with Crippen LogP contribution in [-0.2, 0) is 16.6 Å². The molecule has 20 heavy (non-hydrogen) atoms. The van der Waals surface area contributed by atoms with Crippen LogP contribution in [0.15, 0.2) is 28.7 Å². The summed E-state index contributed by atoms with van der Waals surface area (Å²) in [6.07, 6.45) is 2.61. The van der Waals surface area contributed by atoms with Crippen LogP contribution in [0.4, 0.5) is 4.39 Å². The minimum atomic E-state index is -3.78. The van der Waals surface area contributed by atoms with Gasteiger partial charge in [-0.15, -0.1) is 0 Å². The highest BCUT2D eigenvalue weighted by molar-refractivity contribution is 7.89. The zero-order valence-corrected chi connectivity index (χ0v) is 12.5. The van der Waals surface area contributed by atoms with Crippen molar-refractivity contribution in [1.29, 1.82) is 0 Å². The van der Waals surface area contributed by atoms with Crippen LogP contribution in [0.25, 0.3) is 0 Å². The molecule has 0 amide bonds. The fraction of sp³-hybridized carbons (Fsp3) is 0.385. The van der Waals surface area contributed by atoms with E-state index in [0.29, 0.717) is 19.5 Å². The van der Waals surface area contributed by atoms with Crippen molar-refractivity contribution in [3.8, 4) is 0 Å². The van der Waals surface area contributed by atoms with Crippen LogP contribution in [0.5, 0.6) is 0 Å². The second-order valence-corrected chi connectivity index (χ2v) is 7.03. The molecular formula is C13H15ClFNO3S. The minimum Gasteiger partial charge on any atom is -0.392 e. The third-order valence-corrected chi connectivity index (χ3v) is 5.43. The van der Waals surface area contributed by atoms with Gasteiger partial charge in [-0.3, -0.25) is 0 Å². The number of rotatable bonds is 3. The average Bonchev–Trinajstić information content (AvgIpc) is 2.41. The number of halogens is 2. The lowest BCUT2D eigenvalue weighted by Gasteiger charge is -2.25. The molecule has 0 saturated carbocycles. The fourth-order valence-corrected chi connectivity index (χ4v) is 3.84. The largest absolute Gasteiger partial charge is 0.392 e. The molecule has 7 heteroatoms. The minimum absolute atomic E-state index is 0.0644. The molecule has 2 rings (SSSR count). The van der Waals surface area contributed by atoms with E-state index in [9.17, 15) is 12.8 Å². The Hall–Kier alpha value is -0.950. The summed E-state index contributed by atoms with van der Waals surface area (Å²) >= 11 is 5.67. The molecule has 0 aliphatic carbocycles. The Morgan fingerprint density at radius 2 is 2.15 bits per heavy atom. The van der Waals surface area contributed by atoms with E-state index in [1.165, 1.54) is 10.4 Å². The maximum Gasteiger partial charge on any atom is 0.243 e. The van der Waals surface area contributed by atoms with E-state index in [1.54, 1.807) is 0 Å². The van der Waals surface area contributed by atoms with E-state index in [-0.39, 0.29) is 15.5 Å². The maximum atomic E-state index is 13.7. The van der Waals surface area contributed by atoms with Gasteiger partial charge < -0.3 is 5.11 Å². The highest BCUT2D eigenvalue weighted by atomic mass is 35.5. The van der Waals surface area contributed by atoms with E-state index >= 15 is 0 Å². The first-order valence-corrected chi connectivity index (χ1v) is 7.92. The topological polar surface area (TPSA) is 57.6 Å². The highest BCUT2D eigenvalue weighted by Gasteiger charge is 2.27. The Labute approximate surface area is 122 Å². The van der Waals surface area contributed by atoms with Gasteiger partial charge >= 0.3 is 0 Å². The lowest BCUT2D eigenvalue weighted by molar-refractivity contribution is 0.281. The number of hydrogen-bond donors (Lipinski definition) is 1. The van der Waals surface area contributed by atoms with Crippen molar-refractivity contribution in [1.82, 2.24) is 4.31 Å². The number of benzene rings is 1. The lowest BCUT2D eigenvalue weighted by atomic mass is 10.2. The molecule has 0 spiro atoms. The van der Waals surface area contributed by atoms with E-state index in [0.717, 1.165) is 11.6 Å². The monoisotopic (exact) mass is 319 g/mol. The molecule has 0 fully saturated rings. The predicted molar refractivity (Wildman–Crippen MR) is 74.5 cm³/mol. The van der Waals surface area contributed by atoms with Crippen molar-refractivity contribution in [2.45, 2.75) is 24.8 Å². The van der Waals surface area contributed by atoms with Gasteiger partial charge in [-0.1, -0.05) is 23.3 Å². The first-order chi connectivity index (χ1) is 9.36. The summed E-state index contributed by atoms with van der Waals surface area (Å²) in [6, 6.07) is 2.11. The normalized spacial score (nSPS) is 17.1. The van der Waals surface area contributed by atoms with Crippen LogP contribution >= 0.6 is 11.6 Å². The number of hydrogen-bond acceptors (Lipinski definition) is 3. The van der Waals surface area contributed by atoms with Gasteiger partial charge in [0.05, 0.1) is 16.5 Å². The Bertz CT molecular complexity index is 658. The lowest BCUT2D eigenvalue weighted by Crippen LogP contribution is -2.35. The molecule has 0 radical (unpaired) electrons. The Morgan fingerprint density at radius 3 is 2.75 bits per heavy atom. The van der Waals surface area contributed by atoms with Gasteiger partial charge in [-0.05, 0) is 25.5 Å². The van der Waals surface area contributed by atoms with Crippen LogP contribution < -0.4 is 0 Å². The summed E-state index contributed by atoms with van der Waals surface area (Å²) in [5.41, 5.74) is 1.02. The van der Waals surface area contributed by atoms with Crippen molar-refractivity contribution in [3.05, 3.63) is 40.2 Å².